The first-order valence-electron chi connectivity index (χ1n) is 12.0. The van der Waals surface area contributed by atoms with Gasteiger partial charge in [0.05, 0.1) is 7.11 Å². The van der Waals surface area contributed by atoms with Crippen molar-refractivity contribution in [1.82, 2.24) is 0 Å². The molecule has 3 aliphatic rings. The van der Waals surface area contributed by atoms with Crippen LogP contribution in [0.3, 0.4) is 0 Å². The highest BCUT2D eigenvalue weighted by molar-refractivity contribution is 6.74. The van der Waals surface area contributed by atoms with Gasteiger partial charge in [0, 0.05) is 0 Å². The molecule has 3 rings (SSSR count). The Kier molecular flexibility index (Phi) is 7.27. The van der Waals surface area contributed by atoms with Gasteiger partial charge in [-0.1, -0.05) is 41.5 Å². The molecule has 3 aliphatic heterocycles. The Balaban J connectivity index is 2.26. The molecule has 0 radical (unpaired) electrons. The number of carbonyl (C=O) groups excluding carboxylic acids is 2. The van der Waals surface area contributed by atoms with Crippen LogP contribution in [0.5, 0.6) is 0 Å². The van der Waals surface area contributed by atoms with E-state index in [0.717, 1.165) is 0 Å². The number of hydrogen-bond donors (Lipinski definition) is 1. The molecule has 6 atom stereocenters. The van der Waals surface area contributed by atoms with E-state index in [4.69, 9.17) is 32.5 Å². The number of methoxy groups -OCH3 is 1. The molecule has 10 nitrogen and oxygen atoms in total. The highest BCUT2D eigenvalue weighted by Gasteiger charge is 2.81. The lowest BCUT2D eigenvalue weighted by Gasteiger charge is -2.49. The van der Waals surface area contributed by atoms with Crippen LogP contribution >= 0.6 is 0 Å². The topological polar surface area (TPSA) is 119 Å². The lowest BCUT2D eigenvalue weighted by atomic mass is 9.76. The molecule has 0 aromatic heterocycles. The van der Waals surface area contributed by atoms with E-state index in [1.165, 1.54) is 7.11 Å². The molecule has 12 heteroatoms. The minimum Gasteiger partial charge on any atom is -0.467 e. The van der Waals surface area contributed by atoms with Gasteiger partial charge >= 0.3 is 11.9 Å². The molecule has 202 valence electrons. The van der Waals surface area contributed by atoms with Crippen LogP contribution in [0.1, 0.15) is 41.5 Å². The van der Waals surface area contributed by atoms with Gasteiger partial charge in [-0.3, -0.25) is 0 Å². The summed E-state index contributed by atoms with van der Waals surface area (Å²) in [5.41, 5.74) is -3.61. The van der Waals surface area contributed by atoms with E-state index in [0.29, 0.717) is 0 Å². The second-order valence-corrected chi connectivity index (χ2v) is 22.2. The Labute approximate surface area is 210 Å². The Hall–Kier alpha value is -0.866. The number of aliphatic hydroxyl groups excluding tert-OH is 1. The predicted octanol–water partition coefficient (Wildman–Crippen LogP) is 2.70. The molecule has 0 spiro atoms. The first kappa shape index (κ1) is 28.7. The second kappa shape index (κ2) is 8.86. The lowest BCUT2D eigenvalue weighted by molar-refractivity contribution is -0.229. The summed E-state index contributed by atoms with van der Waals surface area (Å²) in [4.78, 5) is 26.2. The SMILES string of the molecule is COC(=O)[C@@H]1O[C@@H](O)[C@H](O[Si](C)(C)C(C)(C)C)[C@H](O[Si](C)(C)C(C)(C)C)[C@]23COC(=O)[C@]12OCO3. The highest BCUT2D eigenvalue weighted by atomic mass is 28.4. The molecule has 0 saturated carbocycles. The summed E-state index contributed by atoms with van der Waals surface area (Å²) in [6.07, 6.45) is -5.38. The molecule has 3 saturated heterocycles. The van der Waals surface area contributed by atoms with Crippen molar-refractivity contribution in [3.05, 3.63) is 0 Å². The molecule has 0 amide bonds. The molecule has 3 heterocycles. The van der Waals surface area contributed by atoms with E-state index in [-0.39, 0.29) is 23.5 Å². The number of rotatable bonds is 5. The molecular weight excluding hydrogens is 492 g/mol. The normalized spacial score (nSPS) is 36.3. The van der Waals surface area contributed by atoms with Gasteiger partial charge in [-0.25, -0.2) is 9.59 Å². The number of esters is 2. The first-order valence-corrected chi connectivity index (χ1v) is 17.8. The van der Waals surface area contributed by atoms with Crippen molar-refractivity contribution in [2.24, 2.45) is 0 Å². The Morgan fingerprint density at radius 2 is 1.54 bits per heavy atom. The number of cyclic esters (lactones) is 1. The van der Waals surface area contributed by atoms with Crippen LogP contribution in [0.25, 0.3) is 0 Å². The summed E-state index contributed by atoms with van der Waals surface area (Å²) in [5, 5.41) is 11.0. The van der Waals surface area contributed by atoms with Crippen LogP contribution < -0.4 is 0 Å². The van der Waals surface area contributed by atoms with Crippen molar-refractivity contribution < 1.29 is 47.2 Å². The summed E-state index contributed by atoms with van der Waals surface area (Å²) >= 11 is 0. The maximum Gasteiger partial charge on any atom is 0.345 e. The standard InChI is InChI=1S/C23H42O10Si2/c1-20(2,3)34(8,9)32-14-15(33-35(10,11)21(4,5)6)22-12-28-19(26)23(22,30-13-29-22)16(18(25)27-7)31-17(14)24/h14-17,24H,12-13H2,1-11H3/t14-,15+,16+,17-,22-,23-/m1/s1. The maximum absolute atomic E-state index is 13.3. The smallest absolute Gasteiger partial charge is 0.345 e. The summed E-state index contributed by atoms with van der Waals surface area (Å²) in [7, 11) is -3.92. The van der Waals surface area contributed by atoms with Crippen molar-refractivity contribution in [2.45, 2.75) is 114 Å². The van der Waals surface area contributed by atoms with Gasteiger partial charge in [0.1, 0.15) is 25.6 Å². The second-order valence-electron chi connectivity index (χ2n) is 12.7. The third kappa shape index (κ3) is 4.33. The van der Waals surface area contributed by atoms with Gasteiger partial charge in [0.25, 0.3) is 0 Å². The van der Waals surface area contributed by atoms with E-state index >= 15 is 0 Å². The fourth-order valence-corrected chi connectivity index (χ4v) is 6.83. The Morgan fingerprint density at radius 1 is 1.00 bits per heavy atom. The average Bonchev–Trinajstić information content (AvgIpc) is 3.20. The van der Waals surface area contributed by atoms with Crippen molar-refractivity contribution in [3.8, 4) is 0 Å². The number of hydrogen-bond acceptors (Lipinski definition) is 10. The third-order valence-electron chi connectivity index (χ3n) is 8.52. The zero-order valence-corrected chi connectivity index (χ0v) is 24.8. The van der Waals surface area contributed by atoms with E-state index in [1.54, 1.807) is 0 Å². The van der Waals surface area contributed by atoms with Gasteiger partial charge in [-0.05, 0) is 36.3 Å². The molecule has 0 aromatic rings. The van der Waals surface area contributed by atoms with Gasteiger partial charge in [0.15, 0.2) is 28.5 Å². The number of aliphatic hydroxyl groups is 1. The quantitative estimate of drug-likeness (QED) is 0.416. The summed E-state index contributed by atoms with van der Waals surface area (Å²) in [6, 6.07) is 0. The Morgan fingerprint density at radius 3 is 2.06 bits per heavy atom. The molecule has 0 aromatic carbocycles. The van der Waals surface area contributed by atoms with E-state index < -0.39 is 64.4 Å². The molecule has 35 heavy (non-hydrogen) atoms. The van der Waals surface area contributed by atoms with Gasteiger partial charge in [-0.15, -0.1) is 0 Å². The van der Waals surface area contributed by atoms with E-state index in [1.807, 2.05) is 13.1 Å². The van der Waals surface area contributed by atoms with Gasteiger partial charge in [0.2, 0.25) is 11.7 Å². The molecule has 0 unspecified atom stereocenters. The van der Waals surface area contributed by atoms with Crippen molar-refractivity contribution in [2.75, 3.05) is 20.5 Å². The summed E-state index contributed by atoms with van der Waals surface area (Å²) < 4.78 is 41.9. The van der Waals surface area contributed by atoms with Gasteiger partial charge in [-0.2, -0.15) is 0 Å². The number of carbonyl (C=O) groups is 2. The monoisotopic (exact) mass is 534 g/mol. The highest BCUT2D eigenvalue weighted by Crippen LogP contribution is 2.54. The molecule has 3 fully saturated rings. The van der Waals surface area contributed by atoms with Crippen molar-refractivity contribution in [3.63, 3.8) is 0 Å². The minimum atomic E-state index is -2.57. The van der Waals surface area contributed by atoms with Crippen LogP contribution in [0.4, 0.5) is 0 Å². The maximum atomic E-state index is 13.3. The lowest BCUT2D eigenvalue weighted by Crippen LogP contribution is -2.70. The summed E-state index contributed by atoms with van der Waals surface area (Å²) in [5.74, 6) is -1.72. The van der Waals surface area contributed by atoms with Crippen LogP contribution in [0.2, 0.25) is 36.3 Å². The van der Waals surface area contributed by atoms with Gasteiger partial charge < -0.3 is 37.6 Å². The molecule has 0 aliphatic carbocycles. The van der Waals surface area contributed by atoms with Crippen LogP contribution in [-0.2, 0) is 42.1 Å². The summed E-state index contributed by atoms with van der Waals surface area (Å²) in [6.45, 7) is 20.1. The Bertz CT molecular complexity index is 848. The fourth-order valence-electron chi connectivity index (χ4n) is 4.25. The third-order valence-corrected chi connectivity index (χ3v) is 17.4. The zero-order valence-electron chi connectivity index (χ0n) is 22.8. The largest absolute Gasteiger partial charge is 0.467 e. The average molecular weight is 535 g/mol. The predicted molar refractivity (Wildman–Crippen MR) is 130 cm³/mol. The van der Waals surface area contributed by atoms with Crippen LogP contribution in [-0.4, -0.2) is 90.0 Å². The zero-order chi connectivity index (χ0) is 26.8. The minimum absolute atomic E-state index is 0.216. The van der Waals surface area contributed by atoms with E-state index in [2.05, 4.69) is 54.6 Å². The fraction of sp³-hybridized carbons (Fsp3) is 0.913. The van der Waals surface area contributed by atoms with Crippen molar-refractivity contribution >= 4 is 28.6 Å². The van der Waals surface area contributed by atoms with Crippen LogP contribution in [0, 0.1) is 0 Å². The van der Waals surface area contributed by atoms with Crippen LogP contribution in [0.15, 0.2) is 0 Å². The first-order chi connectivity index (χ1) is 15.8. The molecule has 1 N–H and O–H groups in total. The molecule has 0 bridgehead atoms. The number of ether oxygens (including phenoxy) is 5. The van der Waals surface area contributed by atoms with Crippen molar-refractivity contribution in [1.29, 1.82) is 0 Å². The van der Waals surface area contributed by atoms with E-state index in [9.17, 15) is 14.7 Å². The molecular formula is C23H42O10Si2.